The van der Waals surface area contributed by atoms with Crippen LogP contribution < -0.4 is 20.7 Å². The smallest absolute Gasteiger partial charge is 0.239 e. The van der Waals surface area contributed by atoms with Crippen LogP contribution in [0.4, 0.5) is 0 Å². The third kappa shape index (κ3) is 10.9. The lowest BCUT2D eigenvalue weighted by molar-refractivity contribution is -0.121. The molecule has 0 fully saturated rings. The molecule has 0 bridgehead atoms. The summed E-state index contributed by atoms with van der Waals surface area (Å²) < 4.78 is 5.62. The monoisotopic (exact) mass is 462 g/mol. The zero-order chi connectivity index (χ0) is 18.2. The van der Waals surface area contributed by atoms with E-state index in [4.69, 9.17) is 4.74 Å². The van der Waals surface area contributed by atoms with Crippen LogP contribution in [-0.2, 0) is 11.3 Å². The van der Waals surface area contributed by atoms with Crippen LogP contribution in [0.1, 0.15) is 40.2 Å². The molecule has 7 heteroatoms. The summed E-state index contributed by atoms with van der Waals surface area (Å²) in [6.07, 6.45) is 0.163. The Bertz CT molecular complexity index is 551. The van der Waals surface area contributed by atoms with Crippen LogP contribution in [-0.4, -0.2) is 37.1 Å². The summed E-state index contributed by atoms with van der Waals surface area (Å²) in [6, 6.07) is 7.91. The van der Waals surface area contributed by atoms with Gasteiger partial charge in [0.1, 0.15) is 5.75 Å². The van der Waals surface area contributed by atoms with Crippen LogP contribution in [0.15, 0.2) is 29.3 Å². The van der Waals surface area contributed by atoms with E-state index in [1.807, 2.05) is 58.9 Å². The van der Waals surface area contributed by atoms with Crippen LogP contribution in [0.5, 0.6) is 5.75 Å². The minimum Gasteiger partial charge on any atom is -0.491 e. The second-order valence-electron chi connectivity index (χ2n) is 6.89. The fourth-order valence-electron chi connectivity index (χ4n) is 1.99. The van der Waals surface area contributed by atoms with Crippen molar-refractivity contribution in [3.63, 3.8) is 0 Å². The van der Waals surface area contributed by atoms with E-state index >= 15 is 0 Å². The molecule has 0 radical (unpaired) electrons. The summed E-state index contributed by atoms with van der Waals surface area (Å²) >= 11 is 0. The van der Waals surface area contributed by atoms with Gasteiger partial charge < -0.3 is 20.7 Å². The lowest BCUT2D eigenvalue weighted by Gasteiger charge is -2.21. The van der Waals surface area contributed by atoms with Gasteiger partial charge in [0.05, 0.1) is 12.6 Å². The normalized spacial score (nSPS) is 11.6. The second-order valence-corrected chi connectivity index (χ2v) is 6.89. The third-order valence-corrected chi connectivity index (χ3v) is 2.91. The Kier molecular flexibility index (Phi) is 10.5. The van der Waals surface area contributed by atoms with Crippen LogP contribution >= 0.6 is 24.0 Å². The van der Waals surface area contributed by atoms with Gasteiger partial charge in [-0.2, -0.15) is 0 Å². The van der Waals surface area contributed by atoms with E-state index in [1.54, 1.807) is 7.05 Å². The topological polar surface area (TPSA) is 74.8 Å². The van der Waals surface area contributed by atoms with Gasteiger partial charge in [-0.1, -0.05) is 12.1 Å². The molecule has 1 rings (SSSR count). The number of nitrogens with one attached hydrogen (secondary N) is 3. The standard InChI is InChI=1S/C18H30N4O2.HI/c1-13(2)24-15-9-7-14(8-10-15)11-20-17(19-6)21-12-16(23)22-18(3,4)5;/h7-10,13H,11-12H2,1-6H3,(H,22,23)(H2,19,20,21);1H. The number of guanidine groups is 1. The zero-order valence-electron chi connectivity index (χ0n) is 16.0. The second kappa shape index (κ2) is 11.2. The molecule has 0 unspecified atom stereocenters. The van der Waals surface area contributed by atoms with Crippen molar-refractivity contribution in [1.82, 2.24) is 16.0 Å². The van der Waals surface area contributed by atoms with E-state index in [9.17, 15) is 4.79 Å². The largest absolute Gasteiger partial charge is 0.491 e. The number of benzene rings is 1. The van der Waals surface area contributed by atoms with Gasteiger partial charge >= 0.3 is 0 Å². The Labute approximate surface area is 168 Å². The first-order valence-corrected chi connectivity index (χ1v) is 8.21. The van der Waals surface area contributed by atoms with E-state index in [-0.39, 0.29) is 48.1 Å². The number of rotatable bonds is 6. The Morgan fingerprint density at radius 2 is 1.76 bits per heavy atom. The number of carbonyl (C=O) groups is 1. The fourth-order valence-corrected chi connectivity index (χ4v) is 1.99. The van der Waals surface area contributed by atoms with Gasteiger partial charge in [-0.05, 0) is 52.3 Å². The van der Waals surface area contributed by atoms with Gasteiger partial charge in [0.15, 0.2) is 5.96 Å². The summed E-state index contributed by atoms with van der Waals surface area (Å²) in [7, 11) is 1.68. The van der Waals surface area contributed by atoms with Gasteiger partial charge in [-0.15, -0.1) is 24.0 Å². The van der Waals surface area contributed by atoms with Gasteiger partial charge in [0.25, 0.3) is 0 Å². The SMILES string of the molecule is CN=C(NCC(=O)NC(C)(C)C)NCc1ccc(OC(C)C)cc1.I. The summed E-state index contributed by atoms with van der Waals surface area (Å²) in [5.74, 6) is 1.37. The number of ether oxygens (including phenoxy) is 1. The first kappa shape index (κ1) is 23.5. The van der Waals surface area contributed by atoms with E-state index in [0.29, 0.717) is 12.5 Å². The first-order chi connectivity index (χ1) is 11.2. The highest BCUT2D eigenvalue weighted by atomic mass is 127. The van der Waals surface area contributed by atoms with Crippen LogP contribution in [0.25, 0.3) is 0 Å². The molecular weight excluding hydrogens is 431 g/mol. The van der Waals surface area contributed by atoms with Crippen molar-refractivity contribution in [3.05, 3.63) is 29.8 Å². The molecule has 1 aromatic rings. The Balaban J connectivity index is 0.00000576. The van der Waals surface area contributed by atoms with E-state index in [1.165, 1.54) is 0 Å². The number of nitrogens with zero attached hydrogens (tertiary/aromatic N) is 1. The van der Waals surface area contributed by atoms with Crippen molar-refractivity contribution >= 4 is 35.8 Å². The molecule has 0 aliphatic carbocycles. The fraction of sp³-hybridized carbons (Fsp3) is 0.556. The molecule has 0 atom stereocenters. The maximum Gasteiger partial charge on any atom is 0.239 e. The maximum atomic E-state index is 11.8. The molecule has 0 saturated carbocycles. The maximum absolute atomic E-state index is 11.8. The molecule has 25 heavy (non-hydrogen) atoms. The Morgan fingerprint density at radius 3 is 2.24 bits per heavy atom. The van der Waals surface area contributed by atoms with Crippen molar-refractivity contribution in [2.75, 3.05) is 13.6 Å². The zero-order valence-corrected chi connectivity index (χ0v) is 18.3. The van der Waals surface area contributed by atoms with Crippen LogP contribution in [0, 0.1) is 0 Å². The molecule has 0 heterocycles. The molecule has 0 aromatic heterocycles. The van der Waals surface area contributed by atoms with Gasteiger partial charge in [-0.25, -0.2) is 0 Å². The number of carbonyl (C=O) groups excluding carboxylic acids is 1. The number of hydrogen-bond acceptors (Lipinski definition) is 3. The minimum absolute atomic E-state index is 0. The molecular formula is C18H31IN4O2. The van der Waals surface area contributed by atoms with Gasteiger partial charge in [0.2, 0.25) is 5.91 Å². The van der Waals surface area contributed by atoms with E-state index in [2.05, 4.69) is 20.9 Å². The number of hydrogen-bond donors (Lipinski definition) is 3. The van der Waals surface area contributed by atoms with Crippen molar-refractivity contribution in [2.45, 2.75) is 52.8 Å². The molecule has 1 aromatic carbocycles. The lowest BCUT2D eigenvalue weighted by atomic mass is 10.1. The average molecular weight is 462 g/mol. The predicted molar refractivity (Wildman–Crippen MR) is 114 cm³/mol. The quantitative estimate of drug-likeness (QED) is 0.345. The molecule has 1 amide bonds. The molecule has 3 N–H and O–H groups in total. The Morgan fingerprint density at radius 1 is 1.16 bits per heavy atom. The summed E-state index contributed by atoms with van der Waals surface area (Å²) in [6.45, 7) is 10.6. The van der Waals surface area contributed by atoms with Crippen molar-refractivity contribution in [2.24, 2.45) is 4.99 Å². The Hall–Kier alpha value is -1.51. The predicted octanol–water partition coefficient (Wildman–Crippen LogP) is 2.67. The van der Waals surface area contributed by atoms with Crippen LogP contribution in [0.3, 0.4) is 0 Å². The number of halogens is 1. The molecule has 0 aliphatic rings. The van der Waals surface area contributed by atoms with Gasteiger partial charge in [-0.3, -0.25) is 9.79 Å². The molecule has 0 saturated heterocycles. The number of amides is 1. The number of aliphatic imine (C=N–C) groups is 1. The third-order valence-electron chi connectivity index (χ3n) is 2.91. The summed E-state index contributed by atoms with van der Waals surface area (Å²) in [4.78, 5) is 15.9. The molecule has 142 valence electrons. The van der Waals surface area contributed by atoms with E-state index < -0.39 is 0 Å². The first-order valence-electron chi connectivity index (χ1n) is 8.21. The average Bonchev–Trinajstić information content (AvgIpc) is 2.46. The molecule has 0 spiro atoms. The lowest BCUT2D eigenvalue weighted by Crippen LogP contribution is -2.48. The van der Waals surface area contributed by atoms with Crippen LogP contribution in [0.2, 0.25) is 0 Å². The van der Waals surface area contributed by atoms with Gasteiger partial charge in [0, 0.05) is 19.1 Å². The summed E-state index contributed by atoms with van der Waals surface area (Å²) in [5.41, 5.74) is 0.864. The summed E-state index contributed by atoms with van der Waals surface area (Å²) in [5, 5.41) is 9.08. The van der Waals surface area contributed by atoms with E-state index in [0.717, 1.165) is 11.3 Å². The minimum atomic E-state index is -0.241. The highest BCUT2D eigenvalue weighted by Crippen LogP contribution is 2.13. The molecule has 6 nitrogen and oxygen atoms in total. The molecule has 0 aliphatic heterocycles. The highest BCUT2D eigenvalue weighted by molar-refractivity contribution is 14.0. The van der Waals surface area contributed by atoms with Crippen molar-refractivity contribution < 1.29 is 9.53 Å². The highest BCUT2D eigenvalue weighted by Gasteiger charge is 2.13. The van der Waals surface area contributed by atoms with Crippen molar-refractivity contribution in [3.8, 4) is 5.75 Å². The van der Waals surface area contributed by atoms with Crippen molar-refractivity contribution in [1.29, 1.82) is 0 Å².